The molecule has 0 radical (unpaired) electrons. The molecule has 2 aliphatic rings. The molecule has 2 fully saturated rings. The zero-order chi connectivity index (χ0) is 24.1. The fraction of sp³-hybridized carbons (Fsp3) is 0.583. The molecule has 3 heterocycles. The number of nitrogens with one attached hydrogen (secondary N) is 1. The van der Waals surface area contributed by atoms with Crippen LogP contribution in [0.5, 0.6) is 5.88 Å². The lowest BCUT2D eigenvalue weighted by Gasteiger charge is -2.30. The molecule has 1 aliphatic heterocycles. The van der Waals surface area contributed by atoms with Crippen molar-refractivity contribution >= 4 is 28.8 Å². The van der Waals surface area contributed by atoms with E-state index >= 15 is 0 Å². The zero-order valence-corrected chi connectivity index (χ0v) is 20.1. The summed E-state index contributed by atoms with van der Waals surface area (Å²) in [5, 5.41) is 3.40. The largest absolute Gasteiger partial charge is 0.474 e. The first-order valence-corrected chi connectivity index (χ1v) is 11.9. The Morgan fingerprint density at radius 2 is 1.97 bits per heavy atom. The number of ether oxygens (including phenoxy) is 3. The van der Waals surface area contributed by atoms with Gasteiger partial charge in [-0.25, -0.2) is 9.79 Å². The number of aromatic nitrogens is 2. The molecule has 1 saturated carbocycles. The molecular formula is C24H34N6O4. The number of nitrogens with zero attached hydrogens (tertiary/aromatic N) is 4. The molecule has 2 aromatic heterocycles. The van der Waals surface area contributed by atoms with Crippen molar-refractivity contribution in [3.05, 3.63) is 24.4 Å². The summed E-state index contributed by atoms with van der Waals surface area (Å²) in [5.41, 5.74) is 6.19. The SMILES string of the molecule is CC(C)(C)OC(=O)NC(N)=NC1CCC(Oc2nc(N3CCOCC3)cc3ncccc23)CC1. The van der Waals surface area contributed by atoms with Crippen molar-refractivity contribution in [2.75, 3.05) is 31.2 Å². The first kappa shape index (κ1) is 24.0. The second kappa shape index (κ2) is 10.4. The number of hydrogen-bond acceptors (Lipinski definition) is 8. The molecule has 2 aromatic rings. The Balaban J connectivity index is 1.38. The van der Waals surface area contributed by atoms with E-state index in [2.05, 4.69) is 20.2 Å². The maximum absolute atomic E-state index is 11.9. The van der Waals surface area contributed by atoms with E-state index in [-0.39, 0.29) is 18.1 Å². The van der Waals surface area contributed by atoms with E-state index in [0.29, 0.717) is 19.1 Å². The van der Waals surface area contributed by atoms with Gasteiger partial charge in [0.1, 0.15) is 17.5 Å². The molecule has 0 atom stereocenters. The summed E-state index contributed by atoms with van der Waals surface area (Å²) in [6.07, 6.45) is 4.47. The number of pyridine rings is 2. The van der Waals surface area contributed by atoms with Crippen LogP contribution < -0.4 is 20.7 Å². The van der Waals surface area contributed by atoms with Crippen molar-refractivity contribution in [1.29, 1.82) is 0 Å². The summed E-state index contributed by atoms with van der Waals surface area (Å²) in [5.74, 6) is 1.56. The molecule has 1 saturated heterocycles. The highest BCUT2D eigenvalue weighted by Crippen LogP contribution is 2.31. The average molecular weight is 471 g/mol. The number of alkyl carbamates (subject to hydrolysis) is 1. The minimum absolute atomic E-state index is 0.0286. The van der Waals surface area contributed by atoms with E-state index in [1.807, 2.05) is 18.2 Å². The lowest BCUT2D eigenvalue weighted by Crippen LogP contribution is -2.41. The normalized spacial score (nSPS) is 21.9. The zero-order valence-electron chi connectivity index (χ0n) is 20.1. The number of guanidine groups is 1. The van der Waals surface area contributed by atoms with Crippen LogP contribution in [0.15, 0.2) is 29.4 Å². The van der Waals surface area contributed by atoms with Crippen LogP contribution in [0.2, 0.25) is 0 Å². The van der Waals surface area contributed by atoms with Gasteiger partial charge >= 0.3 is 6.09 Å². The van der Waals surface area contributed by atoms with Crippen molar-refractivity contribution in [3.63, 3.8) is 0 Å². The van der Waals surface area contributed by atoms with Gasteiger partial charge in [0.25, 0.3) is 0 Å². The van der Waals surface area contributed by atoms with Crippen LogP contribution in [0, 0.1) is 0 Å². The van der Waals surface area contributed by atoms with Gasteiger partial charge in [-0.3, -0.25) is 10.3 Å². The molecule has 184 valence electrons. The standard InChI is InChI=1S/C24H34N6O4/c1-24(2,3)34-23(31)29-22(25)27-16-6-8-17(9-7-16)33-21-18-5-4-10-26-19(18)15-20(28-21)30-11-13-32-14-12-30/h4-5,10,15-17H,6-9,11-14H2,1-3H3,(H3,25,27,29,31). The van der Waals surface area contributed by atoms with Gasteiger partial charge in [-0.15, -0.1) is 0 Å². The monoisotopic (exact) mass is 470 g/mol. The van der Waals surface area contributed by atoms with Crippen LogP contribution in [0.25, 0.3) is 10.9 Å². The van der Waals surface area contributed by atoms with Crippen molar-refractivity contribution in [1.82, 2.24) is 15.3 Å². The van der Waals surface area contributed by atoms with Gasteiger partial charge in [-0.1, -0.05) is 0 Å². The third-order valence-corrected chi connectivity index (χ3v) is 5.76. The fourth-order valence-electron chi connectivity index (χ4n) is 4.16. The Labute approximate surface area is 199 Å². The highest BCUT2D eigenvalue weighted by atomic mass is 16.6. The van der Waals surface area contributed by atoms with Gasteiger partial charge in [-0.2, -0.15) is 4.98 Å². The Bertz CT molecular complexity index is 1020. The Hall–Kier alpha value is -3.14. The summed E-state index contributed by atoms with van der Waals surface area (Å²) in [6, 6.07) is 5.93. The van der Waals surface area contributed by atoms with E-state index in [9.17, 15) is 4.79 Å². The second-order valence-electron chi connectivity index (χ2n) is 9.64. The van der Waals surface area contributed by atoms with Crippen LogP contribution in [0.3, 0.4) is 0 Å². The van der Waals surface area contributed by atoms with Gasteiger partial charge in [0, 0.05) is 25.4 Å². The highest BCUT2D eigenvalue weighted by Gasteiger charge is 2.25. The minimum atomic E-state index is -0.600. The smallest absolute Gasteiger partial charge is 0.414 e. The van der Waals surface area contributed by atoms with E-state index < -0.39 is 11.7 Å². The molecule has 0 unspecified atom stereocenters. The van der Waals surface area contributed by atoms with Gasteiger partial charge < -0.3 is 24.8 Å². The number of rotatable bonds is 4. The van der Waals surface area contributed by atoms with Gasteiger partial charge in [0.2, 0.25) is 5.88 Å². The maximum Gasteiger partial charge on any atom is 0.414 e. The summed E-state index contributed by atoms with van der Waals surface area (Å²) >= 11 is 0. The van der Waals surface area contributed by atoms with Crippen molar-refractivity contribution < 1.29 is 19.0 Å². The van der Waals surface area contributed by atoms with Crippen LogP contribution in [-0.2, 0) is 9.47 Å². The summed E-state index contributed by atoms with van der Waals surface area (Å²) in [7, 11) is 0. The number of carbonyl (C=O) groups is 1. The summed E-state index contributed by atoms with van der Waals surface area (Å²) in [6.45, 7) is 8.37. The van der Waals surface area contributed by atoms with Crippen molar-refractivity contribution in [3.8, 4) is 5.88 Å². The quantitative estimate of drug-likeness (QED) is 0.516. The fourth-order valence-corrected chi connectivity index (χ4v) is 4.16. The highest BCUT2D eigenvalue weighted by molar-refractivity contribution is 5.93. The van der Waals surface area contributed by atoms with E-state index in [1.54, 1.807) is 27.0 Å². The number of carbonyl (C=O) groups excluding carboxylic acids is 1. The minimum Gasteiger partial charge on any atom is -0.474 e. The first-order chi connectivity index (χ1) is 16.3. The number of anilines is 1. The van der Waals surface area contributed by atoms with Crippen LogP contribution >= 0.6 is 0 Å². The number of hydrogen-bond donors (Lipinski definition) is 2. The summed E-state index contributed by atoms with van der Waals surface area (Å²) < 4.78 is 17.1. The lowest BCUT2D eigenvalue weighted by molar-refractivity contribution is 0.0562. The maximum atomic E-state index is 11.9. The third-order valence-electron chi connectivity index (χ3n) is 5.76. The van der Waals surface area contributed by atoms with E-state index in [0.717, 1.165) is 55.5 Å². The molecule has 1 amide bonds. The molecule has 10 nitrogen and oxygen atoms in total. The molecule has 0 spiro atoms. The Morgan fingerprint density at radius 3 is 2.68 bits per heavy atom. The van der Waals surface area contributed by atoms with Crippen molar-refractivity contribution in [2.24, 2.45) is 10.7 Å². The van der Waals surface area contributed by atoms with Crippen LogP contribution in [0.4, 0.5) is 10.6 Å². The molecule has 1 aliphatic carbocycles. The molecular weight excluding hydrogens is 436 g/mol. The number of amides is 1. The molecule has 0 bridgehead atoms. The number of nitrogens with two attached hydrogens (primary N) is 1. The van der Waals surface area contributed by atoms with E-state index in [4.69, 9.17) is 24.9 Å². The van der Waals surface area contributed by atoms with Crippen LogP contribution in [0.1, 0.15) is 46.5 Å². The van der Waals surface area contributed by atoms with Gasteiger partial charge in [0.05, 0.1) is 30.2 Å². The van der Waals surface area contributed by atoms with Crippen LogP contribution in [-0.4, -0.2) is 66.1 Å². The topological polar surface area (TPSA) is 124 Å². The second-order valence-corrected chi connectivity index (χ2v) is 9.64. The van der Waals surface area contributed by atoms with Gasteiger partial charge in [-0.05, 0) is 58.6 Å². The Kier molecular flexibility index (Phi) is 7.35. The molecule has 0 aromatic carbocycles. The average Bonchev–Trinajstić information content (AvgIpc) is 2.79. The molecule has 10 heteroatoms. The first-order valence-electron chi connectivity index (χ1n) is 11.9. The Morgan fingerprint density at radius 1 is 1.24 bits per heavy atom. The van der Waals surface area contributed by atoms with Crippen molar-refractivity contribution in [2.45, 2.75) is 64.2 Å². The predicted octanol–water partition coefficient (Wildman–Crippen LogP) is 3.00. The number of fused-ring (bicyclic) bond motifs is 1. The molecule has 3 N–H and O–H groups in total. The third kappa shape index (κ3) is 6.47. The van der Waals surface area contributed by atoms with E-state index in [1.165, 1.54) is 0 Å². The lowest BCUT2D eigenvalue weighted by atomic mass is 9.93. The number of aliphatic imine (C=N–C) groups is 1. The summed E-state index contributed by atoms with van der Waals surface area (Å²) in [4.78, 5) is 27.9. The predicted molar refractivity (Wildman–Crippen MR) is 130 cm³/mol. The molecule has 34 heavy (non-hydrogen) atoms. The van der Waals surface area contributed by atoms with Gasteiger partial charge in [0.15, 0.2) is 5.96 Å². The molecule has 4 rings (SSSR count). The number of morpholine rings is 1.